The van der Waals surface area contributed by atoms with Gasteiger partial charge in [-0.3, -0.25) is 9.32 Å². The largest absolute Gasteiger partial charge is 0.469 e. The molecule has 31 heavy (non-hydrogen) atoms. The Morgan fingerprint density at radius 3 is 1.94 bits per heavy atom. The first-order valence-electron chi connectivity index (χ1n) is 11.1. The van der Waals surface area contributed by atoms with Crippen LogP contribution >= 0.6 is 7.82 Å². The van der Waals surface area contributed by atoms with Crippen molar-refractivity contribution in [2.24, 2.45) is 0 Å². The Kier molecular flexibility index (Phi) is 19.4. The van der Waals surface area contributed by atoms with Gasteiger partial charge in [-0.1, -0.05) is 68.4 Å². The van der Waals surface area contributed by atoms with Gasteiger partial charge in [-0.05, 0) is 44.9 Å². The van der Waals surface area contributed by atoms with Crippen molar-refractivity contribution in [3.05, 3.63) is 48.6 Å². The molecule has 0 saturated heterocycles. The highest BCUT2D eigenvalue weighted by atomic mass is 31.2. The summed E-state index contributed by atoms with van der Waals surface area (Å²) in [5.74, 6) is -0.217. The molecule has 1 atom stereocenters. The third-order valence-electron chi connectivity index (χ3n) is 4.20. The number of rotatable bonds is 19. The highest BCUT2D eigenvalue weighted by molar-refractivity contribution is 7.46. The molecule has 7 nitrogen and oxygen atoms in total. The molecule has 0 aliphatic rings. The quantitative estimate of drug-likeness (QED) is 0.127. The van der Waals surface area contributed by atoms with Gasteiger partial charge in [0, 0.05) is 13.0 Å². The lowest BCUT2D eigenvalue weighted by Crippen LogP contribution is -2.34. The Morgan fingerprint density at radius 1 is 0.903 bits per heavy atom. The van der Waals surface area contributed by atoms with Gasteiger partial charge >= 0.3 is 7.82 Å². The number of hydrogen-bond acceptors (Lipinski definition) is 4. The van der Waals surface area contributed by atoms with Crippen LogP contribution in [-0.2, 0) is 13.9 Å². The second-order valence-electron chi connectivity index (χ2n) is 7.22. The molecule has 8 heteroatoms. The maximum Gasteiger partial charge on any atom is 0.469 e. The molecule has 0 aliphatic carbocycles. The van der Waals surface area contributed by atoms with E-state index in [1.807, 2.05) is 6.08 Å². The van der Waals surface area contributed by atoms with Crippen molar-refractivity contribution in [1.29, 1.82) is 0 Å². The number of amides is 1. The molecule has 0 bridgehead atoms. The summed E-state index contributed by atoms with van der Waals surface area (Å²) >= 11 is 0. The summed E-state index contributed by atoms with van der Waals surface area (Å²) in [6, 6.07) is 0. The van der Waals surface area contributed by atoms with Crippen molar-refractivity contribution >= 4 is 13.7 Å². The van der Waals surface area contributed by atoms with Gasteiger partial charge in [0.1, 0.15) is 0 Å². The van der Waals surface area contributed by atoms with Gasteiger partial charge in [-0.15, -0.1) is 0 Å². The molecule has 0 fully saturated rings. The van der Waals surface area contributed by atoms with Crippen LogP contribution < -0.4 is 5.32 Å². The lowest BCUT2D eigenvalue weighted by Gasteiger charge is -2.12. The van der Waals surface area contributed by atoms with Gasteiger partial charge < -0.3 is 20.2 Å². The van der Waals surface area contributed by atoms with Crippen LogP contribution in [0.5, 0.6) is 0 Å². The summed E-state index contributed by atoms with van der Waals surface area (Å²) in [7, 11) is -4.61. The van der Waals surface area contributed by atoms with Crippen LogP contribution in [0.2, 0.25) is 0 Å². The van der Waals surface area contributed by atoms with E-state index in [2.05, 4.69) is 59.3 Å². The first-order chi connectivity index (χ1) is 14.8. The predicted octanol–water partition coefficient (Wildman–Crippen LogP) is 4.72. The van der Waals surface area contributed by atoms with Crippen LogP contribution in [0, 0.1) is 0 Å². The van der Waals surface area contributed by atoms with Crippen LogP contribution in [0.3, 0.4) is 0 Å². The van der Waals surface area contributed by atoms with E-state index in [0.29, 0.717) is 12.8 Å². The zero-order valence-electron chi connectivity index (χ0n) is 18.7. The third kappa shape index (κ3) is 24.6. The lowest BCUT2D eigenvalue weighted by atomic mass is 10.2. The Balaban J connectivity index is 3.60. The molecule has 1 unspecified atom stereocenters. The monoisotopic (exact) mass is 457 g/mol. The van der Waals surface area contributed by atoms with Gasteiger partial charge in [0.2, 0.25) is 5.91 Å². The second kappa shape index (κ2) is 20.4. The summed E-state index contributed by atoms with van der Waals surface area (Å²) in [6.07, 6.45) is 25.7. The standard InChI is InChI=1S/C23H40NO6P/c1-2-3-4-5-6-7-8-9-10-11-12-13-14-15-16-17-18-19-23(26)24-20-22(25)21-30-31(27,28)29/h6-7,9-10,12-13,15-16,22,25H,2-5,8,11,14,17-21H2,1H3,(H,24,26)(H2,27,28,29)/b7-6-,10-9-,13-12-,16-15-. The molecule has 0 heterocycles. The number of aliphatic hydroxyl groups excluding tert-OH is 1. The fourth-order valence-corrected chi connectivity index (χ4v) is 2.87. The van der Waals surface area contributed by atoms with E-state index >= 15 is 0 Å². The number of carbonyl (C=O) groups is 1. The number of phosphoric ester groups is 1. The number of phosphoric acid groups is 1. The van der Waals surface area contributed by atoms with Gasteiger partial charge in [-0.2, -0.15) is 0 Å². The zero-order valence-corrected chi connectivity index (χ0v) is 19.6. The number of aliphatic hydroxyl groups is 1. The van der Waals surface area contributed by atoms with Crippen LogP contribution in [0.4, 0.5) is 0 Å². The van der Waals surface area contributed by atoms with Crippen molar-refractivity contribution in [2.45, 2.75) is 77.2 Å². The summed E-state index contributed by atoms with van der Waals surface area (Å²) in [5.41, 5.74) is 0. The van der Waals surface area contributed by atoms with Crippen LogP contribution in [-0.4, -0.2) is 40.1 Å². The van der Waals surface area contributed by atoms with Crippen molar-refractivity contribution in [2.75, 3.05) is 13.2 Å². The van der Waals surface area contributed by atoms with E-state index in [0.717, 1.165) is 25.7 Å². The molecule has 0 spiro atoms. The average Bonchev–Trinajstić information content (AvgIpc) is 2.72. The van der Waals surface area contributed by atoms with Gasteiger partial charge in [0.25, 0.3) is 0 Å². The molecular weight excluding hydrogens is 417 g/mol. The maximum absolute atomic E-state index is 11.6. The van der Waals surface area contributed by atoms with Crippen molar-refractivity contribution in [3.63, 3.8) is 0 Å². The Hall–Kier alpha value is -1.50. The van der Waals surface area contributed by atoms with Gasteiger partial charge in [0.15, 0.2) is 0 Å². The summed E-state index contributed by atoms with van der Waals surface area (Å²) in [5, 5.41) is 12.0. The number of allylic oxidation sites excluding steroid dienone is 8. The fraction of sp³-hybridized carbons (Fsp3) is 0.609. The third-order valence-corrected chi connectivity index (χ3v) is 4.69. The molecule has 0 radical (unpaired) electrons. The molecule has 0 aromatic rings. The maximum atomic E-state index is 11.6. The smallest absolute Gasteiger partial charge is 0.389 e. The predicted molar refractivity (Wildman–Crippen MR) is 125 cm³/mol. The minimum Gasteiger partial charge on any atom is -0.389 e. The van der Waals surface area contributed by atoms with E-state index in [4.69, 9.17) is 9.79 Å². The Morgan fingerprint density at radius 2 is 1.42 bits per heavy atom. The van der Waals surface area contributed by atoms with E-state index in [9.17, 15) is 14.5 Å². The Bertz CT molecular complexity index is 609. The van der Waals surface area contributed by atoms with Gasteiger partial charge in [-0.25, -0.2) is 4.57 Å². The first-order valence-corrected chi connectivity index (χ1v) is 12.6. The van der Waals surface area contributed by atoms with Crippen LogP contribution in [0.1, 0.15) is 71.1 Å². The molecule has 178 valence electrons. The lowest BCUT2D eigenvalue weighted by molar-refractivity contribution is -0.121. The highest BCUT2D eigenvalue weighted by Crippen LogP contribution is 2.35. The molecule has 0 saturated carbocycles. The first kappa shape index (κ1) is 29.5. The van der Waals surface area contributed by atoms with Crippen LogP contribution in [0.25, 0.3) is 0 Å². The SMILES string of the molecule is CCCCC/C=C\C/C=C\C/C=C\C/C=C\CCCC(=O)NCC(O)COP(=O)(O)O. The summed E-state index contributed by atoms with van der Waals surface area (Å²) < 4.78 is 14.7. The molecule has 0 aromatic heterocycles. The molecule has 0 aromatic carbocycles. The zero-order chi connectivity index (χ0) is 23.2. The number of carbonyl (C=O) groups excluding carboxylic acids is 1. The molecular formula is C23H40NO6P. The van der Waals surface area contributed by atoms with Crippen molar-refractivity contribution < 1.29 is 28.8 Å². The van der Waals surface area contributed by atoms with Crippen LogP contribution in [0.15, 0.2) is 48.6 Å². The summed E-state index contributed by atoms with van der Waals surface area (Å²) in [4.78, 5) is 28.7. The van der Waals surface area contributed by atoms with E-state index in [1.165, 1.54) is 25.7 Å². The molecule has 4 N–H and O–H groups in total. The van der Waals surface area contributed by atoms with E-state index in [-0.39, 0.29) is 12.5 Å². The Labute approximate surface area is 187 Å². The number of unbranched alkanes of at least 4 members (excludes halogenated alkanes) is 4. The second-order valence-corrected chi connectivity index (χ2v) is 8.46. The van der Waals surface area contributed by atoms with Crippen molar-refractivity contribution in [3.8, 4) is 0 Å². The minimum absolute atomic E-state index is 0.108. The van der Waals surface area contributed by atoms with Gasteiger partial charge in [0.05, 0.1) is 12.7 Å². The molecule has 1 amide bonds. The number of hydrogen-bond donors (Lipinski definition) is 4. The number of nitrogens with one attached hydrogen (secondary N) is 1. The topological polar surface area (TPSA) is 116 Å². The molecule has 0 aliphatic heterocycles. The molecule has 0 rings (SSSR count). The normalized spacial score (nSPS) is 13.8. The minimum atomic E-state index is -4.61. The fourth-order valence-electron chi connectivity index (χ4n) is 2.50. The summed E-state index contributed by atoms with van der Waals surface area (Å²) in [6.45, 7) is 1.57. The van der Waals surface area contributed by atoms with E-state index in [1.54, 1.807) is 0 Å². The van der Waals surface area contributed by atoms with Crippen molar-refractivity contribution in [1.82, 2.24) is 5.32 Å². The van der Waals surface area contributed by atoms with E-state index < -0.39 is 20.5 Å². The highest BCUT2D eigenvalue weighted by Gasteiger charge is 2.17. The average molecular weight is 458 g/mol.